The van der Waals surface area contributed by atoms with Crippen LogP contribution in [0.3, 0.4) is 0 Å². The number of halogens is 3. The molecule has 8 heteroatoms. The summed E-state index contributed by atoms with van der Waals surface area (Å²) in [5, 5.41) is 0. The van der Waals surface area contributed by atoms with Crippen LogP contribution in [0.4, 0.5) is 9.05 Å². The summed E-state index contributed by atoms with van der Waals surface area (Å²) in [6.45, 7) is -0.327. The summed E-state index contributed by atoms with van der Waals surface area (Å²) < 4.78 is 41.4. The molecule has 10 heavy (non-hydrogen) atoms. The first-order valence-corrected chi connectivity index (χ1v) is 4.09. The lowest BCUT2D eigenvalue weighted by molar-refractivity contribution is -0.117. The van der Waals surface area contributed by atoms with E-state index in [1.165, 1.54) is 0 Å². The van der Waals surface area contributed by atoms with E-state index in [0.29, 0.717) is 0 Å². The third-order valence-corrected chi connectivity index (χ3v) is 1.49. The molecule has 0 aromatic carbocycles. The SMILES string of the molecule is O=P(OF)(OF)OCCCl. The van der Waals surface area contributed by atoms with Gasteiger partial charge in [-0.2, -0.15) is 0 Å². The molecule has 62 valence electrons. The van der Waals surface area contributed by atoms with Crippen LogP contribution >= 0.6 is 19.4 Å². The van der Waals surface area contributed by atoms with Crippen LogP contribution < -0.4 is 0 Å². The Hall–Kier alpha value is 0.260. The van der Waals surface area contributed by atoms with Crippen LogP contribution in [-0.4, -0.2) is 12.5 Å². The molecule has 4 nitrogen and oxygen atoms in total. The van der Waals surface area contributed by atoms with Crippen LogP contribution in [0, 0.1) is 0 Å². The van der Waals surface area contributed by atoms with E-state index < -0.39 is 7.82 Å². The molecule has 0 saturated heterocycles. The Labute approximate surface area is 60.4 Å². The van der Waals surface area contributed by atoms with E-state index in [1.54, 1.807) is 0 Å². The molecule has 0 amide bonds. The van der Waals surface area contributed by atoms with Gasteiger partial charge in [-0.1, -0.05) is 9.46 Å². The average Bonchev–Trinajstić information content (AvgIpc) is 2.00. The van der Waals surface area contributed by atoms with E-state index in [9.17, 15) is 13.6 Å². The minimum Gasteiger partial charge on any atom is -0.282 e. The summed E-state index contributed by atoms with van der Waals surface area (Å²) in [7, 11) is -4.62. The van der Waals surface area contributed by atoms with Crippen molar-refractivity contribution in [2.75, 3.05) is 12.5 Å². The van der Waals surface area contributed by atoms with Gasteiger partial charge in [0, 0.05) is 5.88 Å². The van der Waals surface area contributed by atoms with Gasteiger partial charge in [0.25, 0.3) is 0 Å². The lowest BCUT2D eigenvalue weighted by Gasteiger charge is -2.04. The molecule has 0 aromatic rings. The van der Waals surface area contributed by atoms with Crippen molar-refractivity contribution in [2.45, 2.75) is 0 Å². The van der Waals surface area contributed by atoms with Gasteiger partial charge in [-0.05, 0) is 9.05 Å². The molecule has 0 N–H and O–H groups in total. The van der Waals surface area contributed by atoms with Crippen molar-refractivity contribution in [3.63, 3.8) is 0 Å². The van der Waals surface area contributed by atoms with Gasteiger partial charge in [0.2, 0.25) is 0 Å². The normalized spacial score (nSPS) is 11.9. The van der Waals surface area contributed by atoms with Gasteiger partial charge in [-0.3, -0.25) is 4.52 Å². The van der Waals surface area contributed by atoms with Gasteiger partial charge in [0.05, 0.1) is 6.61 Å². The zero-order valence-electron chi connectivity index (χ0n) is 4.63. The summed E-state index contributed by atoms with van der Waals surface area (Å²) >= 11 is 5.02. The standard InChI is InChI=1S/C2H4ClF2O4P/c3-1-2-7-10(6,8-4)9-5/h1-2H2. The van der Waals surface area contributed by atoms with Gasteiger partial charge in [0.15, 0.2) is 0 Å². The minimum absolute atomic E-state index is 0.0727. The second-order valence-corrected chi connectivity index (χ2v) is 2.91. The first-order chi connectivity index (χ1) is 4.68. The van der Waals surface area contributed by atoms with Crippen molar-refractivity contribution in [3.05, 3.63) is 0 Å². The van der Waals surface area contributed by atoms with Crippen LogP contribution in [0.15, 0.2) is 0 Å². The predicted molar refractivity (Wildman–Crippen MR) is 28.7 cm³/mol. The van der Waals surface area contributed by atoms with Crippen LogP contribution in [0.5, 0.6) is 0 Å². The molecule has 0 fully saturated rings. The Kier molecular flexibility index (Phi) is 5.11. The summed E-state index contributed by atoms with van der Waals surface area (Å²) in [6, 6.07) is 0. The summed E-state index contributed by atoms with van der Waals surface area (Å²) in [5.74, 6) is -0.0727. The van der Waals surface area contributed by atoms with Gasteiger partial charge in [0.1, 0.15) is 0 Å². The Morgan fingerprint density at radius 2 is 1.90 bits per heavy atom. The molecule has 0 aliphatic rings. The van der Waals surface area contributed by atoms with E-state index in [-0.39, 0.29) is 12.5 Å². The molecule has 0 atom stereocenters. The maximum absolute atomic E-state index is 11.1. The Balaban J connectivity index is 3.70. The van der Waals surface area contributed by atoms with Gasteiger partial charge >= 0.3 is 7.82 Å². The molecule has 0 unspecified atom stereocenters. The number of phosphoric acid groups is 1. The summed E-state index contributed by atoms with van der Waals surface area (Å²) in [5.41, 5.74) is 0. The molecule has 0 radical (unpaired) electrons. The van der Waals surface area contributed by atoms with Crippen molar-refractivity contribution < 1.29 is 27.6 Å². The van der Waals surface area contributed by atoms with Crippen LogP contribution in [0.1, 0.15) is 0 Å². The first kappa shape index (κ1) is 10.3. The first-order valence-electron chi connectivity index (χ1n) is 2.09. The van der Waals surface area contributed by atoms with Crippen LogP contribution in [0.25, 0.3) is 0 Å². The topological polar surface area (TPSA) is 44.8 Å². The smallest absolute Gasteiger partial charge is 0.282 e. The molecule has 0 saturated carbocycles. The van der Waals surface area contributed by atoms with E-state index in [2.05, 4.69) is 14.0 Å². The zero-order valence-corrected chi connectivity index (χ0v) is 6.28. The fraction of sp³-hybridized carbons (Fsp3) is 1.00. The maximum atomic E-state index is 11.1. The predicted octanol–water partition coefficient (Wildman–Crippen LogP) is 2.15. The lowest BCUT2D eigenvalue weighted by Crippen LogP contribution is -1.94. The van der Waals surface area contributed by atoms with Crippen molar-refractivity contribution in [1.82, 2.24) is 0 Å². The van der Waals surface area contributed by atoms with E-state index in [0.717, 1.165) is 0 Å². The molecule has 0 aliphatic heterocycles. The number of alkyl halides is 1. The molecule has 0 spiro atoms. The average molecular weight is 196 g/mol. The molecular formula is C2H4ClF2O4P. The largest absolute Gasteiger partial charge is 0.537 e. The van der Waals surface area contributed by atoms with Crippen molar-refractivity contribution in [3.8, 4) is 0 Å². The fourth-order valence-electron chi connectivity index (χ4n) is 0.197. The van der Waals surface area contributed by atoms with E-state index in [4.69, 9.17) is 11.6 Å². The third-order valence-electron chi connectivity index (χ3n) is 0.496. The minimum atomic E-state index is -4.62. The highest BCUT2D eigenvalue weighted by atomic mass is 35.5. The number of hydrogen-bond acceptors (Lipinski definition) is 4. The zero-order chi connectivity index (χ0) is 8.04. The molecule has 0 rings (SSSR count). The lowest BCUT2D eigenvalue weighted by atomic mass is 10.9. The quantitative estimate of drug-likeness (QED) is 0.499. The Morgan fingerprint density at radius 1 is 1.40 bits per heavy atom. The van der Waals surface area contributed by atoms with E-state index >= 15 is 0 Å². The maximum Gasteiger partial charge on any atom is 0.537 e. The highest BCUT2D eigenvalue weighted by molar-refractivity contribution is 7.48. The van der Waals surface area contributed by atoms with Crippen molar-refractivity contribution >= 4 is 19.4 Å². The molecule has 0 aromatic heterocycles. The van der Waals surface area contributed by atoms with Gasteiger partial charge < -0.3 is 0 Å². The monoisotopic (exact) mass is 196 g/mol. The second kappa shape index (κ2) is 4.98. The third kappa shape index (κ3) is 3.43. The molecule has 0 aliphatic carbocycles. The van der Waals surface area contributed by atoms with Crippen molar-refractivity contribution in [2.24, 2.45) is 0 Å². The highest BCUT2D eigenvalue weighted by Gasteiger charge is 2.29. The highest BCUT2D eigenvalue weighted by Crippen LogP contribution is 2.49. The van der Waals surface area contributed by atoms with E-state index in [1.807, 2.05) is 0 Å². The number of hydrogen-bond donors (Lipinski definition) is 0. The summed E-state index contributed by atoms with van der Waals surface area (Å²) in [4.78, 5) is 0. The van der Waals surface area contributed by atoms with Gasteiger partial charge in [-0.15, -0.1) is 11.6 Å². The molecule has 0 bridgehead atoms. The summed E-state index contributed by atoms with van der Waals surface area (Å²) in [6.07, 6.45) is 0. The molecule has 0 heterocycles. The number of rotatable bonds is 5. The Morgan fingerprint density at radius 3 is 2.20 bits per heavy atom. The van der Waals surface area contributed by atoms with Crippen LogP contribution in [0.2, 0.25) is 0 Å². The van der Waals surface area contributed by atoms with Crippen LogP contribution in [-0.2, 0) is 18.5 Å². The Bertz CT molecular complexity index is 124. The van der Waals surface area contributed by atoms with Gasteiger partial charge in [-0.25, -0.2) is 4.57 Å². The fourth-order valence-corrected chi connectivity index (χ4v) is 0.797. The molecular weight excluding hydrogens is 192 g/mol. The second-order valence-electron chi connectivity index (χ2n) is 1.11. The van der Waals surface area contributed by atoms with Crippen molar-refractivity contribution in [1.29, 1.82) is 0 Å².